The molecule has 31 heavy (non-hydrogen) atoms. The molecule has 3 aromatic carbocycles. The van der Waals surface area contributed by atoms with Crippen molar-refractivity contribution in [2.24, 2.45) is 0 Å². The largest absolute Gasteiger partial charge is 0.333 e. The number of urea groups is 1. The van der Waals surface area contributed by atoms with Gasteiger partial charge >= 0.3 is 6.03 Å². The van der Waals surface area contributed by atoms with Gasteiger partial charge in [-0.05, 0) is 56.1 Å². The van der Waals surface area contributed by atoms with E-state index in [1.54, 1.807) is 24.3 Å². The molecule has 0 spiro atoms. The van der Waals surface area contributed by atoms with Crippen LogP contribution in [0.4, 0.5) is 16.2 Å². The maximum Gasteiger partial charge on any atom is 0.323 e. The summed E-state index contributed by atoms with van der Waals surface area (Å²) in [5.41, 5.74) is 3.01. The topological polar surface area (TPSA) is 64.7 Å². The quantitative estimate of drug-likeness (QED) is 0.567. The summed E-state index contributed by atoms with van der Waals surface area (Å²) in [7, 11) is 3.98. The van der Waals surface area contributed by atoms with E-state index < -0.39 is 0 Å². The van der Waals surface area contributed by atoms with E-state index in [0.29, 0.717) is 30.0 Å². The first kappa shape index (κ1) is 22.1. The van der Waals surface area contributed by atoms with Crippen LogP contribution in [0.3, 0.4) is 0 Å². The highest BCUT2D eigenvalue weighted by atomic mass is 16.2. The molecular formula is C25H28N4O2. The minimum atomic E-state index is -0.332. The predicted molar refractivity (Wildman–Crippen MR) is 125 cm³/mol. The number of likely N-dealkylation sites (N-methyl/N-ethyl adjacent to an activating group) is 1. The summed E-state index contributed by atoms with van der Waals surface area (Å²) < 4.78 is 0. The standard InChI is InChI=1S/C25H28N4O2/c1-28(2)17-18-29(19-20-9-5-3-6-10-20)24(30)21-13-15-23(16-14-21)27-25(31)26-22-11-7-4-8-12-22/h3-16H,17-19H2,1-2H3,(H2,26,27,31). The van der Waals surface area contributed by atoms with Gasteiger partial charge in [-0.15, -0.1) is 0 Å². The van der Waals surface area contributed by atoms with Crippen LogP contribution in [0, 0.1) is 0 Å². The van der Waals surface area contributed by atoms with Crippen LogP contribution in [0.2, 0.25) is 0 Å². The molecule has 6 heteroatoms. The van der Waals surface area contributed by atoms with E-state index in [2.05, 4.69) is 15.5 Å². The number of para-hydroxylation sites is 1. The normalized spacial score (nSPS) is 10.5. The van der Waals surface area contributed by atoms with Crippen molar-refractivity contribution in [1.29, 1.82) is 0 Å². The Morgan fingerprint density at radius 2 is 1.26 bits per heavy atom. The first-order chi connectivity index (χ1) is 15.0. The van der Waals surface area contributed by atoms with E-state index in [4.69, 9.17) is 0 Å². The minimum Gasteiger partial charge on any atom is -0.333 e. The summed E-state index contributed by atoms with van der Waals surface area (Å²) in [5, 5.41) is 5.55. The second-order valence-electron chi connectivity index (χ2n) is 7.54. The molecule has 0 saturated heterocycles. The zero-order chi connectivity index (χ0) is 22.1. The van der Waals surface area contributed by atoms with Crippen LogP contribution in [0.1, 0.15) is 15.9 Å². The van der Waals surface area contributed by atoms with Crippen LogP contribution in [0.25, 0.3) is 0 Å². The van der Waals surface area contributed by atoms with Crippen LogP contribution < -0.4 is 10.6 Å². The molecule has 0 saturated carbocycles. The van der Waals surface area contributed by atoms with E-state index in [1.165, 1.54) is 0 Å². The Balaban J connectivity index is 1.65. The van der Waals surface area contributed by atoms with Gasteiger partial charge in [0.15, 0.2) is 0 Å². The predicted octanol–water partition coefficient (Wildman–Crippen LogP) is 4.53. The Hall–Kier alpha value is -3.64. The third kappa shape index (κ3) is 6.97. The number of benzene rings is 3. The fourth-order valence-corrected chi connectivity index (χ4v) is 3.07. The molecule has 160 valence electrons. The first-order valence-electron chi connectivity index (χ1n) is 10.2. The molecular weight excluding hydrogens is 388 g/mol. The van der Waals surface area contributed by atoms with E-state index in [0.717, 1.165) is 12.1 Å². The van der Waals surface area contributed by atoms with E-state index in [9.17, 15) is 9.59 Å². The highest BCUT2D eigenvalue weighted by Gasteiger charge is 2.16. The summed E-state index contributed by atoms with van der Waals surface area (Å²) in [6.07, 6.45) is 0. The third-order valence-electron chi connectivity index (χ3n) is 4.74. The zero-order valence-electron chi connectivity index (χ0n) is 17.9. The maximum atomic E-state index is 13.1. The molecule has 0 radical (unpaired) electrons. The van der Waals surface area contributed by atoms with Gasteiger partial charge in [0.2, 0.25) is 0 Å². The Labute approximate surface area is 183 Å². The third-order valence-corrected chi connectivity index (χ3v) is 4.74. The lowest BCUT2D eigenvalue weighted by Crippen LogP contribution is -2.36. The SMILES string of the molecule is CN(C)CCN(Cc1ccccc1)C(=O)c1ccc(NC(=O)Nc2ccccc2)cc1. The van der Waals surface area contributed by atoms with Crippen LogP contribution in [-0.2, 0) is 6.54 Å². The number of anilines is 2. The highest BCUT2D eigenvalue weighted by molar-refractivity contribution is 6.00. The average Bonchev–Trinajstić information content (AvgIpc) is 2.78. The van der Waals surface area contributed by atoms with Crippen molar-refractivity contribution in [2.45, 2.75) is 6.54 Å². The van der Waals surface area contributed by atoms with E-state index >= 15 is 0 Å². The second-order valence-corrected chi connectivity index (χ2v) is 7.54. The van der Waals surface area contributed by atoms with Crippen molar-refractivity contribution < 1.29 is 9.59 Å². The number of nitrogens with one attached hydrogen (secondary N) is 2. The van der Waals surface area contributed by atoms with Crippen LogP contribution in [0.5, 0.6) is 0 Å². The fourth-order valence-electron chi connectivity index (χ4n) is 3.07. The molecule has 0 heterocycles. The van der Waals surface area contributed by atoms with E-state index in [1.807, 2.05) is 79.7 Å². The number of rotatable bonds is 8. The van der Waals surface area contributed by atoms with Crippen LogP contribution in [-0.4, -0.2) is 48.9 Å². The van der Waals surface area contributed by atoms with Crippen molar-refractivity contribution >= 4 is 23.3 Å². The van der Waals surface area contributed by atoms with Gasteiger partial charge in [0.25, 0.3) is 5.91 Å². The zero-order valence-corrected chi connectivity index (χ0v) is 17.9. The van der Waals surface area contributed by atoms with Gasteiger partial charge in [-0.1, -0.05) is 48.5 Å². The van der Waals surface area contributed by atoms with Gasteiger partial charge in [-0.2, -0.15) is 0 Å². The Morgan fingerprint density at radius 3 is 1.84 bits per heavy atom. The van der Waals surface area contributed by atoms with Gasteiger partial charge < -0.3 is 20.4 Å². The summed E-state index contributed by atoms with van der Waals surface area (Å²) in [4.78, 5) is 29.2. The molecule has 0 atom stereocenters. The molecule has 6 nitrogen and oxygen atoms in total. The lowest BCUT2D eigenvalue weighted by atomic mass is 10.1. The monoisotopic (exact) mass is 416 g/mol. The van der Waals surface area contributed by atoms with Gasteiger partial charge in [0, 0.05) is 36.6 Å². The molecule has 0 bridgehead atoms. The van der Waals surface area contributed by atoms with Crippen molar-refractivity contribution in [2.75, 3.05) is 37.8 Å². The molecule has 3 aromatic rings. The number of nitrogens with zero attached hydrogens (tertiary/aromatic N) is 2. The van der Waals surface area contributed by atoms with Crippen LogP contribution >= 0.6 is 0 Å². The van der Waals surface area contributed by atoms with Crippen molar-refractivity contribution in [3.63, 3.8) is 0 Å². The van der Waals surface area contributed by atoms with Crippen molar-refractivity contribution in [3.05, 3.63) is 96.1 Å². The number of carbonyl (C=O) groups excluding carboxylic acids is 2. The fraction of sp³-hybridized carbons (Fsp3) is 0.200. The maximum absolute atomic E-state index is 13.1. The number of carbonyl (C=O) groups is 2. The Bertz CT molecular complexity index is 973. The summed E-state index contributed by atoms with van der Waals surface area (Å²) in [6.45, 7) is 1.95. The molecule has 3 amide bonds. The molecule has 2 N–H and O–H groups in total. The smallest absolute Gasteiger partial charge is 0.323 e. The van der Waals surface area contributed by atoms with Gasteiger partial charge in [0.1, 0.15) is 0 Å². The molecule has 0 unspecified atom stereocenters. The molecule has 0 aliphatic carbocycles. The lowest BCUT2D eigenvalue weighted by molar-refractivity contribution is 0.0732. The van der Waals surface area contributed by atoms with Gasteiger partial charge in [-0.3, -0.25) is 4.79 Å². The minimum absolute atomic E-state index is 0.0361. The van der Waals surface area contributed by atoms with E-state index in [-0.39, 0.29) is 11.9 Å². The molecule has 0 fully saturated rings. The van der Waals surface area contributed by atoms with Gasteiger partial charge in [0.05, 0.1) is 0 Å². The highest BCUT2D eigenvalue weighted by Crippen LogP contribution is 2.15. The summed E-state index contributed by atoms with van der Waals surface area (Å²) >= 11 is 0. The molecule has 3 rings (SSSR count). The first-order valence-corrected chi connectivity index (χ1v) is 10.2. The van der Waals surface area contributed by atoms with Crippen LogP contribution in [0.15, 0.2) is 84.9 Å². The number of amides is 3. The van der Waals surface area contributed by atoms with Crippen molar-refractivity contribution in [1.82, 2.24) is 9.80 Å². The Morgan fingerprint density at radius 1 is 0.710 bits per heavy atom. The summed E-state index contributed by atoms with van der Waals surface area (Å²) in [5.74, 6) is -0.0361. The summed E-state index contributed by atoms with van der Waals surface area (Å²) in [6, 6.07) is 25.8. The second kappa shape index (κ2) is 10.9. The average molecular weight is 417 g/mol. The lowest BCUT2D eigenvalue weighted by Gasteiger charge is -2.25. The van der Waals surface area contributed by atoms with Crippen molar-refractivity contribution in [3.8, 4) is 0 Å². The van der Waals surface area contributed by atoms with Gasteiger partial charge in [-0.25, -0.2) is 4.79 Å². The number of hydrogen-bond acceptors (Lipinski definition) is 3. The Kier molecular flexibility index (Phi) is 7.79. The molecule has 0 aliphatic rings. The molecule has 0 aromatic heterocycles. The molecule has 0 aliphatic heterocycles. The number of hydrogen-bond donors (Lipinski definition) is 2.